The molecule has 3 heteroatoms. The molecule has 2 fully saturated rings. The van der Waals surface area contributed by atoms with Crippen molar-refractivity contribution in [2.75, 3.05) is 6.61 Å². The first-order valence-electron chi connectivity index (χ1n) is 7.19. The zero-order valence-corrected chi connectivity index (χ0v) is 11.4. The summed E-state index contributed by atoms with van der Waals surface area (Å²) in [4.78, 5) is 11.9. The summed E-state index contributed by atoms with van der Waals surface area (Å²) in [6.07, 6.45) is 5.12. The van der Waals surface area contributed by atoms with Crippen molar-refractivity contribution < 1.29 is 9.53 Å². The second-order valence-electron chi connectivity index (χ2n) is 5.95. The Morgan fingerprint density at radius 2 is 2.26 bits per heavy atom. The lowest BCUT2D eigenvalue weighted by atomic mass is 9.95. The molecule has 3 atom stereocenters. The van der Waals surface area contributed by atoms with Crippen molar-refractivity contribution in [3.63, 3.8) is 0 Å². The molecule has 2 aliphatic rings. The molecule has 0 saturated heterocycles. The molecule has 2 bridgehead atoms. The summed E-state index contributed by atoms with van der Waals surface area (Å²) in [6.45, 7) is 2.14. The molecular weight excluding hydrogens is 238 g/mol. The fourth-order valence-electron chi connectivity index (χ4n) is 3.52. The molecule has 2 aliphatic carbocycles. The van der Waals surface area contributed by atoms with E-state index in [-0.39, 0.29) is 12.5 Å². The van der Waals surface area contributed by atoms with Gasteiger partial charge in [0.15, 0.2) is 6.61 Å². The molecule has 3 nitrogen and oxygen atoms in total. The number of amides is 1. The first-order chi connectivity index (χ1) is 9.20. The van der Waals surface area contributed by atoms with E-state index < -0.39 is 0 Å². The Kier molecular flexibility index (Phi) is 3.45. The highest BCUT2D eigenvalue weighted by atomic mass is 16.5. The summed E-state index contributed by atoms with van der Waals surface area (Å²) in [5.41, 5.74) is 1.14. The molecule has 1 N–H and O–H groups in total. The van der Waals surface area contributed by atoms with Crippen LogP contribution in [0.4, 0.5) is 0 Å². The molecule has 1 amide bonds. The summed E-state index contributed by atoms with van der Waals surface area (Å²) >= 11 is 0. The number of hydrogen-bond donors (Lipinski definition) is 1. The molecule has 0 aliphatic heterocycles. The highest BCUT2D eigenvalue weighted by Gasteiger charge is 2.40. The van der Waals surface area contributed by atoms with Gasteiger partial charge < -0.3 is 10.1 Å². The zero-order valence-electron chi connectivity index (χ0n) is 11.4. The Morgan fingerprint density at radius 3 is 2.95 bits per heavy atom. The van der Waals surface area contributed by atoms with Crippen LogP contribution in [0, 0.1) is 18.8 Å². The summed E-state index contributed by atoms with van der Waals surface area (Å²) in [5, 5.41) is 3.13. The molecule has 0 heterocycles. The minimum atomic E-state index is 0.0130. The van der Waals surface area contributed by atoms with Crippen LogP contribution in [0.2, 0.25) is 0 Å². The zero-order chi connectivity index (χ0) is 13.2. The monoisotopic (exact) mass is 259 g/mol. The van der Waals surface area contributed by atoms with Crippen molar-refractivity contribution in [2.45, 2.75) is 38.6 Å². The van der Waals surface area contributed by atoms with E-state index in [4.69, 9.17) is 4.74 Å². The topological polar surface area (TPSA) is 38.3 Å². The summed E-state index contributed by atoms with van der Waals surface area (Å²) in [6, 6.07) is 8.19. The molecule has 3 rings (SSSR count). The molecule has 0 unspecified atom stereocenters. The van der Waals surface area contributed by atoms with Crippen LogP contribution in [-0.2, 0) is 4.79 Å². The number of fused-ring (bicyclic) bond motifs is 2. The van der Waals surface area contributed by atoms with Crippen LogP contribution >= 0.6 is 0 Å². The number of benzene rings is 1. The minimum absolute atomic E-state index is 0.0130. The fraction of sp³-hybridized carbons (Fsp3) is 0.562. The lowest BCUT2D eigenvalue weighted by molar-refractivity contribution is -0.124. The standard InChI is InChI=1S/C16H21NO2/c1-11-3-2-4-14(7-11)19-10-16(18)17-15-9-12-5-6-13(15)8-12/h2-4,7,12-13,15H,5-6,8-10H2,1H3,(H,17,18)/t12-,13+,15+/m0/s1. The van der Waals surface area contributed by atoms with Crippen LogP contribution in [0.1, 0.15) is 31.2 Å². The number of ether oxygens (including phenoxy) is 1. The maximum absolute atomic E-state index is 11.9. The summed E-state index contributed by atoms with van der Waals surface area (Å²) in [5.74, 6) is 2.35. The SMILES string of the molecule is Cc1cccc(OCC(=O)N[C@@H]2C[C@H]3CC[C@@H]2C3)c1. The van der Waals surface area contributed by atoms with Gasteiger partial charge in [0.05, 0.1) is 0 Å². The predicted octanol–water partition coefficient (Wildman–Crippen LogP) is 2.68. The van der Waals surface area contributed by atoms with Crippen LogP contribution in [-0.4, -0.2) is 18.6 Å². The quantitative estimate of drug-likeness (QED) is 0.902. The maximum atomic E-state index is 11.9. The third-order valence-electron chi connectivity index (χ3n) is 4.44. The second kappa shape index (κ2) is 5.24. The number of rotatable bonds is 4. The Hall–Kier alpha value is -1.51. The van der Waals surface area contributed by atoms with Crippen molar-refractivity contribution in [3.05, 3.63) is 29.8 Å². The van der Waals surface area contributed by atoms with Gasteiger partial charge in [-0.1, -0.05) is 18.6 Å². The maximum Gasteiger partial charge on any atom is 0.258 e. The Labute approximate surface area is 114 Å². The molecule has 1 aromatic rings. The van der Waals surface area contributed by atoms with Gasteiger partial charge >= 0.3 is 0 Å². The largest absolute Gasteiger partial charge is 0.484 e. The van der Waals surface area contributed by atoms with Crippen LogP contribution < -0.4 is 10.1 Å². The van der Waals surface area contributed by atoms with Gasteiger partial charge in [-0.3, -0.25) is 4.79 Å². The van der Waals surface area contributed by atoms with E-state index in [1.807, 2.05) is 31.2 Å². The lowest BCUT2D eigenvalue weighted by Crippen LogP contribution is -2.40. The molecule has 0 spiro atoms. The molecule has 1 aromatic carbocycles. The average molecular weight is 259 g/mol. The van der Waals surface area contributed by atoms with Gasteiger partial charge in [-0.2, -0.15) is 0 Å². The third kappa shape index (κ3) is 2.91. The van der Waals surface area contributed by atoms with Gasteiger partial charge in [0.2, 0.25) is 0 Å². The van der Waals surface area contributed by atoms with Gasteiger partial charge in [-0.25, -0.2) is 0 Å². The van der Waals surface area contributed by atoms with Gasteiger partial charge in [0.25, 0.3) is 5.91 Å². The fourth-order valence-corrected chi connectivity index (χ4v) is 3.52. The van der Waals surface area contributed by atoms with Crippen molar-refractivity contribution in [2.24, 2.45) is 11.8 Å². The Morgan fingerprint density at radius 1 is 1.37 bits per heavy atom. The Bertz CT molecular complexity index is 472. The van der Waals surface area contributed by atoms with Gasteiger partial charge in [0, 0.05) is 6.04 Å². The highest BCUT2D eigenvalue weighted by molar-refractivity contribution is 5.78. The van der Waals surface area contributed by atoms with Crippen LogP contribution in [0.15, 0.2) is 24.3 Å². The number of aryl methyl sites for hydroxylation is 1. The van der Waals surface area contributed by atoms with Gasteiger partial charge in [0.1, 0.15) is 5.75 Å². The Balaban J connectivity index is 1.47. The normalized spacial score (nSPS) is 28.4. The van der Waals surface area contributed by atoms with E-state index in [0.29, 0.717) is 12.0 Å². The molecular formula is C16H21NO2. The van der Waals surface area contributed by atoms with E-state index in [2.05, 4.69) is 5.32 Å². The molecule has 2 saturated carbocycles. The van der Waals surface area contributed by atoms with Crippen molar-refractivity contribution in [3.8, 4) is 5.75 Å². The van der Waals surface area contributed by atoms with Crippen molar-refractivity contribution in [1.82, 2.24) is 5.32 Å². The molecule has 102 valence electrons. The lowest BCUT2D eigenvalue weighted by Gasteiger charge is -2.22. The first-order valence-corrected chi connectivity index (χ1v) is 7.19. The number of hydrogen-bond acceptors (Lipinski definition) is 2. The first kappa shape index (κ1) is 12.5. The van der Waals surface area contributed by atoms with Gasteiger partial charge in [-0.15, -0.1) is 0 Å². The van der Waals surface area contributed by atoms with Crippen LogP contribution in [0.5, 0.6) is 5.75 Å². The predicted molar refractivity (Wildman–Crippen MR) is 74.1 cm³/mol. The highest BCUT2D eigenvalue weighted by Crippen LogP contribution is 2.44. The minimum Gasteiger partial charge on any atom is -0.484 e. The molecule has 0 aromatic heterocycles. The van der Waals surface area contributed by atoms with Gasteiger partial charge in [-0.05, 0) is 55.7 Å². The van der Waals surface area contributed by atoms with E-state index in [0.717, 1.165) is 17.2 Å². The van der Waals surface area contributed by atoms with Crippen LogP contribution in [0.3, 0.4) is 0 Å². The molecule has 19 heavy (non-hydrogen) atoms. The van der Waals surface area contributed by atoms with E-state index >= 15 is 0 Å². The smallest absolute Gasteiger partial charge is 0.258 e. The molecule has 0 radical (unpaired) electrons. The average Bonchev–Trinajstić information content (AvgIpc) is 2.99. The number of nitrogens with one attached hydrogen (secondary N) is 1. The van der Waals surface area contributed by atoms with Crippen LogP contribution in [0.25, 0.3) is 0 Å². The third-order valence-corrected chi connectivity index (χ3v) is 4.44. The van der Waals surface area contributed by atoms with E-state index in [1.54, 1.807) is 0 Å². The van der Waals surface area contributed by atoms with E-state index in [9.17, 15) is 4.79 Å². The summed E-state index contributed by atoms with van der Waals surface area (Å²) in [7, 11) is 0. The van der Waals surface area contributed by atoms with E-state index in [1.165, 1.54) is 25.7 Å². The second-order valence-corrected chi connectivity index (χ2v) is 5.95. The summed E-state index contributed by atoms with van der Waals surface area (Å²) < 4.78 is 5.53. The van der Waals surface area contributed by atoms with Crippen molar-refractivity contribution >= 4 is 5.91 Å². The van der Waals surface area contributed by atoms with Crippen molar-refractivity contribution in [1.29, 1.82) is 0 Å². The number of carbonyl (C=O) groups excluding carboxylic acids is 1. The number of carbonyl (C=O) groups is 1.